The molecule has 0 bridgehead atoms. The molecule has 2 aliphatic rings. The molecule has 0 radical (unpaired) electrons. The summed E-state index contributed by atoms with van der Waals surface area (Å²) in [5.41, 5.74) is 6.45. The predicted octanol–water partition coefficient (Wildman–Crippen LogP) is 4.99. The Morgan fingerprint density at radius 1 is 1.20 bits per heavy atom. The molecule has 2 aromatic rings. The molecule has 2 unspecified atom stereocenters. The number of aryl methyl sites for hydroxylation is 2. The summed E-state index contributed by atoms with van der Waals surface area (Å²) in [6.07, 6.45) is 8.17. The second-order valence-electron chi connectivity index (χ2n) is 8.41. The number of carbonyl (C=O) groups is 1. The van der Waals surface area contributed by atoms with Gasteiger partial charge >= 0.3 is 0 Å². The third-order valence-electron chi connectivity index (χ3n) is 6.38. The number of fused-ring (bicyclic) bond motifs is 2. The SMILES string of the molecule is CCC(NC(=O)/C(C#N)=C\N1c2ccccc2CC1C)c1ccc2c(c1)CCCC2. The molecule has 1 aliphatic carbocycles. The minimum atomic E-state index is -0.307. The normalized spacial score (nSPS) is 18.9. The van der Waals surface area contributed by atoms with Gasteiger partial charge in [-0.3, -0.25) is 4.79 Å². The number of carbonyl (C=O) groups excluding carboxylic acids is 1. The highest BCUT2D eigenvalue weighted by molar-refractivity contribution is 5.98. The number of hydrogen-bond acceptors (Lipinski definition) is 3. The van der Waals surface area contributed by atoms with E-state index < -0.39 is 0 Å². The Hall–Kier alpha value is -3.06. The molecule has 4 heteroatoms. The van der Waals surface area contributed by atoms with E-state index in [1.165, 1.54) is 29.5 Å². The van der Waals surface area contributed by atoms with Crippen LogP contribution in [0.1, 0.15) is 61.4 Å². The Balaban J connectivity index is 1.54. The Labute approximate surface area is 179 Å². The Morgan fingerprint density at radius 3 is 2.73 bits per heavy atom. The zero-order valence-corrected chi connectivity index (χ0v) is 17.8. The van der Waals surface area contributed by atoms with Gasteiger partial charge < -0.3 is 10.2 Å². The fourth-order valence-corrected chi connectivity index (χ4v) is 4.69. The van der Waals surface area contributed by atoms with Gasteiger partial charge in [0.1, 0.15) is 11.6 Å². The average Bonchev–Trinajstić information content (AvgIpc) is 3.10. The molecule has 2 atom stereocenters. The quantitative estimate of drug-likeness (QED) is 0.569. The molecule has 4 rings (SSSR count). The second kappa shape index (κ2) is 8.75. The lowest BCUT2D eigenvalue weighted by Crippen LogP contribution is -2.31. The van der Waals surface area contributed by atoms with Crippen LogP contribution < -0.4 is 10.2 Å². The fourth-order valence-electron chi connectivity index (χ4n) is 4.69. The van der Waals surface area contributed by atoms with Crippen LogP contribution in [0, 0.1) is 11.3 Å². The summed E-state index contributed by atoms with van der Waals surface area (Å²) in [5, 5.41) is 12.8. The molecule has 0 saturated carbocycles. The predicted molar refractivity (Wildman–Crippen MR) is 120 cm³/mol. The van der Waals surface area contributed by atoms with E-state index in [9.17, 15) is 10.1 Å². The van der Waals surface area contributed by atoms with E-state index in [1.807, 2.05) is 23.1 Å². The van der Waals surface area contributed by atoms with Crippen LogP contribution in [0.15, 0.2) is 54.2 Å². The first-order valence-electron chi connectivity index (χ1n) is 11.0. The van der Waals surface area contributed by atoms with Crippen LogP contribution in [0.2, 0.25) is 0 Å². The Morgan fingerprint density at radius 2 is 1.97 bits per heavy atom. The summed E-state index contributed by atoms with van der Waals surface area (Å²) in [7, 11) is 0. The number of hydrogen-bond donors (Lipinski definition) is 1. The first-order valence-corrected chi connectivity index (χ1v) is 11.0. The summed E-state index contributed by atoms with van der Waals surface area (Å²) < 4.78 is 0. The fraction of sp³-hybridized carbons (Fsp3) is 0.385. The molecular weight excluding hydrogens is 370 g/mol. The molecule has 1 aliphatic heterocycles. The molecule has 1 amide bonds. The molecule has 154 valence electrons. The molecule has 1 heterocycles. The van der Waals surface area contributed by atoms with Gasteiger partial charge in [-0.05, 0) is 73.8 Å². The molecule has 2 aromatic carbocycles. The van der Waals surface area contributed by atoms with Crippen LogP contribution >= 0.6 is 0 Å². The van der Waals surface area contributed by atoms with Crippen LogP contribution in [0.4, 0.5) is 5.69 Å². The first-order chi connectivity index (χ1) is 14.6. The van der Waals surface area contributed by atoms with E-state index >= 15 is 0 Å². The van der Waals surface area contributed by atoms with Crippen molar-refractivity contribution in [3.63, 3.8) is 0 Å². The van der Waals surface area contributed by atoms with Gasteiger partial charge in [-0.1, -0.05) is 43.3 Å². The minimum Gasteiger partial charge on any atom is -0.345 e. The molecular formula is C26H29N3O. The van der Waals surface area contributed by atoms with Crippen molar-refractivity contribution in [3.05, 3.63) is 76.5 Å². The van der Waals surface area contributed by atoms with Crippen LogP contribution in [0.3, 0.4) is 0 Å². The lowest BCUT2D eigenvalue weighted by molar-refractivity contribution is -0.117. The van der Waals surface area contributed by atoms with Gasteiger partial charge in [-0.2, -0.15) is 5.26 Å². The van der Waals surface area contributed by atoms with Gasteiger partial charge in [0.15, 0.2) is 0 Å². The highest BCUT2D eigenvalue weighted by Gasteiger charge is 2.26. The van der Waals surface area contributed by atoms with Gasteiger partial charge in [0.25, 0.3) is 5.91 Å². The number of nitriles is 1. The van der Waals surface area contributed by atoms with Gasteiger partial charge in [-0.25, -0.2) is 0 Å². The number of benzene rings is 2. The third kappa shape index (κ3) is 3.98. The van der Waals surface area contributed by atoms with E-state index in [-0.39, 0.29) is 23.6 Å². The van der Waals surface area contributed by atoms with Crippen molar-refractivity contribution < 1.29 is 4.79 Å². The van der Waals surface area contributed by atoms with E-state index in [0.29, 0.717) is 0 Å². The van der Waals surface area contributed by atoms with Crippen LogP contribution in [0.5, 0.6) is 0 Å². The molecule has 30 heavy (non-hydrogen) atoms. The molecule has 0 spiro atoms. The largest absolute Gasteiger partial charge is 0.345 e. The van der Waals surface area contributed by atoms with Crippen molar-refractivity contribution in [2.24, 2.45) is 0 Å². The van der Waals surface area contributed by atoms with Crippen molar-refractivity contribution in [2.45, 2.75) is 64.5 Å². The number of amides is 1. The van der Waals surface area contributed by atoms with Crippen molar-refractivity contribution in [3.8, 4) is 6.07 Å². The number of para-hydroxylation sites is 1. The van der Waals surface area contributed by atoms with Crippen molar-refractivity contribution >= 4 is 11.6 Å². The topological polar surface area (TPSA) is 56.1 Å². The van der Waals surface area contributed by atoms with Crippen molar-refractivity contribution in [1.29, 1.82) is 5.26 Å². The highest BCUT2D eigenvalue weighted by atomic mass is 16.1. The maximum Gasteiger partial charge on any atom is 0.263 e. The summed E-state index contributed by atoms with van der Waals surface area (Å²) in [5.74, 6) is -0.307. The first kappa shape index (κ1) is 20.2. The molecule has 0 fully saturated rings. The van der Waals surface area contributed by atoms with Gasteiger partial charge in [0.2, 0.25) is 0 Å². The van der Waals surface area contributed by atoms with Gasteiger partial charge in [-0.15, -0.1) is 0 Å². The number of nitrogens with one attached hydrogen (secondary N) is 1. The molecule has 4 nitrogen and oxygen atoms in total. The van der Waals surface area contributed by atoms with Crippen molar-refractivity contribution in [2.75, 3.05) is 4.90 Å². The second-order valence-corrected chi connectivity index (χ2v) is 8.41. The Bertz CT molecular complexity index is 1020. The number of rotatable bonds is 5. The highest BCUT2D eigenvalue weighted by Crippen LogP contribution is 2.32. The van der Waals surface area contributed by atoms with E-state index in [2.05, 4.69) is 49.5 Å². The summed E-state index contributed by atoms with van der Waals surface area (Å²) in [6.45, 7) is 4.18. The number of nitrogens with zero attached hydrogens (tertiary/aromatic N) is 2. The van der Waals surface area contributed by atoms with E-state index in [4.69, 9.17) is 0 Å². The third-order valence-corrected chi connectivity index (χ3v) is 6.38. The average molecular weight is 400 g/mol. The van der Waals surface area contributed by atoms with E-state index in [1.54, 1.807) is 6.20 Å². The Kier molecular flexibility index (Phi) is 5.90. The molecule has 1 N–H and O–H groups in total. The van der Waals surface area contributed by atoms with Gasteiger partial charge in [0, 0.05) is 17.9 Å². The lowest BCUT2D eigenvalue weighted by atomic mass is 9.88. The monoisotopic (exact) mass is 399 g/mol. The van der Waals surface area contributed by atoms with E-state index in [0.717, 1.165) is 36.9 Å². The van der Waals surface area contributed by atoms with Crippen LogP contribution in [-0.4, -0.2) is 11.9 Å². The summed E-state index contributed by atoms with van der Waals surface area (Å²) in [6, 6.07) is 17.0. The molecule has 0 saturated heterocycles. The lowest BCUT2D eigenvalue weighted by Gasteiger charge is -2.23. The minimum absolute atomic E-state index is 0.0928. The zero-order chi connectivity index (χ0) is 21.1. The smallest absolute Gasteiger partial charge is 0.263 e. The van der Waals surface area contributed by atoms with Gasteiger partial charge in [0.05, 0.1) is 6.04 Å². The number of anilines is 1. The standard InChI is InChI=1S/C26H29N3O/c1-3-24(21-13-12-19-8-4-5-9-20(19)15-21)28-26(30)23(16-27)17-29-18(2)14-22-10-6-7-11-25(22)29/h6-7,10-13,15,17-18,24H,3-5,8-9,14H2,1-2H3,(H,28,30)/b23-17-. The van der Waals surface area contributed by atoms with Crippen molar-refractivity contribution in [1.82, 2.24) is 5.32 Å². The maximum atomic E-state index is 13.0. The maximum absolute atomic E-state index is 13.0. The summed E-state index contributed by atoms with van der Waals surface area (Å²) >= 11 is 0. The zero-order valence-electron chi connectivity index (χ0n) is 17.8. The van der Waals surface area contributed by atoms with Crippen LogP contribution in [-0.2, 0) is 24.1 Å². The summed E-state index contributed by atoms with van der Waals surface area (Å²) in [4.78, 5) is 15.0. The molecule has 0 aromatic heterocycles. The van der Waals surface area contributed by atoms with Crippen LogP contribution in [0.25, 0.3) is 0 Å².